The molecule has 2 heterocycles. The second-order valence-electron chi connectivity index (χ2n) is 8.00. The fourth-order valence-electron chi connectivity index (χ4n) is 3.81. The molecule has 2 aliphatic heterocycles. The topological polar surface area (TPSA) is 78.7 Å². The molecule has 136 valence electrons. The van der Waals surface area contributed by atoms with E-state index in [0.717, 1.165) is 50.1 Å². The van der Waals surface area contributed by atoms with E-state index in [1.807, 2.05) is 29.2 Å². The molecule has 1 aromatic carbocycles. The molecule has 0 aliphatic carbocycles. The van der Waals surface area contributed by atoms with E-state index in [-0.39, 0.29) is 23.4 Å². The van der Waals surface area contributed by atoms with Gasteiger partial charge in [0.25, 0.3) is 0 Å². The molecule has 1 unspecified atom stereocenters. The van der Waals surface area contributed by atoms with Crippen LogP contribution in [-0.4, -0.2) is 47.4 Å². The molecule has 0 saturated carbocycles. The number of amides is 3. The van der Waals surface area contributed by atoms with Crippen LogP contribution in [0.1, 0.15) is 38.7 Å². The van der Waals surface area contributed by atoms with Crippen molar-refractivity contribution in [2.24, 2.45) is 11.1 Å². The van der Waals surface area contributed by atoms with Gasteiger partial charge in [-0.25, -0.2) is 4.79 Å². The SMILES string of the molecule is CC1(C)CCN(C(=O)Nc2cccc(CN3CCCC3C(N)=O)c2)C1. The predicted octanol–water partition coefficient (Wildman–Crippen LogP) is 2.40. The summed E-state index contributed by atoms with van der Waals surface area (Å²) in [7, 11) is 0. The first-order chi connectivity index (χ1) is 11.8. The molecule has 2 fully saturated rings. The Morgan fingerprint density at radius 2 is 2.12 bits per heavy atom. The van der Waals surface area contributed by atoms with Crippen LogP contribution >= 0.6 is 0 Å². The monoisotopic (exact) mass is 344 g/mol. The second kappa shape index (κ2) is 7.04. The average molecular weight is 344 g/mol. The van der Waals surface area contributed by atoms with Crippen molar-refractivity contribution in [3.05, 3.63) is 29.8 Å². The van der Waals surface area contributed by atoms with Gasteiger partial charge in [-0.2, -0.15) is 0 Å². The summed E-state index contributed by atoms with van der Waals surface area (Å²) in [5.74, 6) is -0.251. The van der Waals surface area contributed by atoms with Crippen molar-refractivity contribution in [3.8, 4) is 0 Å². The molecule has 6 nitrogen and oxygen atoms in total. The number of likely N-dealkylation sites (tertiary alicyclic amines) is 2. The van der Waals surface area contributed by atoms with Crippen LogP contribution in [0, 0.1) is 5.41 Å². The lowest BCUT2D eigenvalue weighted by atomic mass is 9.93. The number of carbonyl (C=O) groups excluding carboxylic acids is 2. The third-order valence-corrected chi connectivity index (χ3v) is 5.22. The van der Waals surface area contributed by atoms with E-state index < -0.39 is 0 Å². The summed E-state index contributed by atoms with van der Waals surface area (Å²) in [4.78, 5) is 28.0. The fourth-order valence-corrected chi connectivity index (χ4v) is 3.81. The van der Waals surface area contributed by atoms with Gasteiger partial charge in [0, 0.05) is 25.3 Å². The normalized spacial score (nSPS) is 23.0. The van der Waals surface area contributed by atoms with Crippen LogP contribution in [0.5, 0.6) is 0 Å². The molecule has 3 amide bonds. The van der Waals surface area contributed by atoms with Crippen LogP contribution < -0.4 is 11.1 Å². The highest BCUT2D eigenvalue weighted by Crippen LogP contribution is 2.29. The fraction of sp³-hybridized carbons (Fsp3) is 0.579. The van der Waals surface area contributed by atoms with E-state index in [2.05, 4.69) is 24.1 Å². The maximum Gasteiger partial charge on any atom is 0.321 e. The average Bonchev–Trinajstić information content (AvgIpc) is 3.14. The Labute approximate surface area is 149 Å². The van der Waals surface area contributed by atoms with Gasteiger partial charge < -0.3 is 16.0 Å². The molecule has 0 radical (unpaired) electrons. The zero-order valence-corrected chi connectivity index (χ0v) is 15.1. The van der Waals surface area contributed by atoms with Gasteiger partial charge in [0.1, 0.15) is 0 Å². The first kappa shape index (κ1) is 17.7. The van der Waals surface area contributed by atoms with Gasteiger partial charge >= 0.3 is 6.03 Å². The van der Waals surface area contributed by atoms with Gasteiger partial charge in [-0.3, -0.25) is 9.69 Å². The summed E-state index contributed by atoms with van der Waals surface area (Å²) in [6, 6.07) is 7.62. The molecule has 0 spiro atoms. The zero-order valence-electron chi connectivity index (χ0n) is 15.1. The van der Waals surface area contributed by atoms with Crippen molar-refractivity contribution in [1.29, 1.82) is 0 Å². The first-order valence-corrected chi connectivity index (χ1v) is 9.02. The van der Waals surface area contributed by atoms with Crippen molar-refractivity contribution < 1.29 is 9.59 Å². The van der Waals surface area contributed by atoms with Crippen molar-refractivity contribution >= 4 is 17.6 Å². The Balaban J connectivity index is 1.62. The van der Waals surface area contributed by atoms with E-state index in [1.54, 1.807) is 0 Å². The minimum absolute atomic E-state index is 0.0427. The van der Waals surface area contributed by atoms with Crippen LogP contribution in [-0.2, 0) is 11.3 Å². The Morgan fingerprint density at radius 1 is 1.32 bits per heavy atom. The molecule has 2 saturated heterocycles. The number of hydrogen-bond donors (Lipinski definition) is 2. The van der Waals surface area contributed by atoms with Gasteiger partial charge in [-0.1, -0.05) is 26.0 Å². The van der Waals surface area contributed by atoms with E-state index in [1.165, 1.54) is 0 Å². The number of rotatable bonds is 4. The number of urea groups is 1. The molecule has 1 aromatic rings. The van der Waals surface area contributed by atoms with Gasteiger partial charge in [-0.05, 0) is 48.9 Å². The molecule has 0 aromatic heterocycles. The van der Waals surface area contributed by atoms with Gasteiger partial charge in [0.05, 0.1) is 6.04 Å². The first-order valence-electron chi connectivity index (χ1n) is 9.02. The molecule has 1 atom stereocenters. The highest BCUT2D eigenvalue weighted by atomic mass is 16.2. The number of primary amides is 1. The zero-order chi connectivity index (χ0) is 18.0. The summed E-state index contributed by atoms with van der Waals surface area (Å²) < 4.78 is 0. The van der Waals surface area contributed by atoms with Gasteiger partial charge in [0.15, 0.2) is 0 Å². The minimum Gasteiger partial charge on any atom is -0.368 e. The Kier molecular flexibility index (Phi) is 4.99. The smallest absolute Gasteiger partial charge is 0.321 e. The molecule has 3 N–H and O–H groups in total. The molecule has 3 rings (SSSR count). The lowest BCUT2D eigenvalue weighted by molar-refractivity contribution is -0.122. The lowest BCUT2D eigenvalue weighted by Gasteiger charge is -2.22. The van der Waals surface area contributed by atoms with Crippen molar-refractivity contribution in [2.45, 2.75) is 45.7 Å². The number of nitrogens with zero attached hydrogens (tertiary/aromatic N) is 2. The third kappa shape index (κ3) is 4.31. The highest BCUT2D eigenvalue weighted by molar-refractivity contribution is 5.89. The van der Waals surface area contributed by atoms with Crippen LogP contribution in [0.4, 0.5) is 10.5 Å². The molecule has 6 heteroatoms. The number of nitrogens with two attached hydrogens (primary N) is 1. The van der Waals surface area contributed by atoms with Crippen molar-refractivity contribution in [2.75, 3.05) is 25.0 Å². The van der Waals surface area contributed by atoms with Crippen molar-refractivity contribution in [1.82, 2.24) is 9.80 Å². The maximum atomic E-state index is 12.4. The largest absolute Gasteiger partial charge is 0.368 e. The summed E-state index contributed by atoms with van der Waals surface area (Å²) in [5, 5.41) is 3.00. The number of anilines is 1. The molecule has 25 heavy (non-hydrogen) atoms. The molecule has 0 bridgehead atoms. The number of benzene rings is 1. The minimum atomic E-state index is -0.251. The lowest BCUT2D eigenvalue weighted by Crippen LogP contribution is -2.39. The van der Waals surface area contributed by atoms with Crippen molar-refractivity contribution in [3.63, 3.8) is 0 Å². The number of carbonyl (C=O) groups is 2. The number of hydrogen-bond acceptors (Lipinski definition) is 3. The standard InChI is InChI=1S/C19H28N4O2/c1-19(2)8-10-23(13-19)18(25)21-15-6-3-5-14(11-15)12-22-9-4-7-16(22)17(20)24/h3,5-6,11,16H,4,7-10,12-13H2,1-2H3,(H2,20,24)(H,21,25). The molecular formula is C19H28N4O2. The Morgan fingerprint density at radius 3 is 2.80 bits per heavy atom. The molecule has 2 aliphatic rings. The van der Waals surface area contributed by atoms with Crippen LogP contribution in [0.25, 0.3) is 0 Å². The summed E-state index contributed by atoms with van der Waals surface area (Å²) in [5.41, 5.74) is 7.55. The predicted molar refractivity (Wildman–Crippen MR) is 98.1 cm³/mol. The van der Waals surface area contributed by atoms with E-state index >= 15 is 0 Å². The summed E-state index contributed by atoms with van der Waals surface area (Å²) >= 11 is 0. The van der Waals surface area contributed by atoms with Crippen LogP contribution in [0.3, 0.4) is 0 Å². The van der Waals surface area contributed by atoms with E-state index in [9.17, 15) is 9.59 Å². The number of nitrogens with one attached hydrogen (secondary N) is 1. The quantitative estimate of drug-likeness (QED) is 0.880. The summed E-state index contributed by atoms with van der Waals surface area (Å²) in [6.45, 7) is 7.51. The van der Waals surface area contributed by atoms with E-state index in [4.69, 9.17) is 5.73 Å². The summed E-state index contributed by atoms with van der Waals surface area (Å²) in [6.07, 6.45) is 2.86. The second-order valence-corrected chi connectivity index (χ2v) is 8.00. The van der Waals surface area contributed by atoms with Gasteiger partial charge in [-0.15, -0.1) is 0 Å². The third-order valence-electron chi connectivity index (χ3n) is 5.22. The Bertz CT molecular complexity index is 659. The van der Waals surface area contributed by atoms with Crippen LogP contribution in [0.15, 0.2) is 24.3 Å². The van der Waals surface area contributed by atoms with Crippen LogP contribution in [0.2, 0.25) is 0 Å². The molecular weight excluding hydrogens is 316 g/mol. The maximum absolute atomic E-state index is 12.4. The Hall–Kier alpha value is -2.08. The van der Waals surface area contributed by atoms with Gasteiger partial charge in [0.2, 0.25) is 5.91 Å². The highest BCUT2D eigenvalue weighted by Gasteiger charge is 2.32. The van der Waals surface area contributed by atoms with E-state index in [0.29, 0.717) is 6.54 Å².